The fourth-order valence-electron chi connectivity index (χ4n) is 2.90. The molecule has 0 saturated carbocycles. The normalized spacial score (nSPS) is 11.8. The van der Waals surface area contributed by atoms with Gasteiger partial charge in [0, 0.05) is 11.9 Å². The summed E-state index contributed by atoms with van der Waals surface area (Å²) < 4.78 is 2.48. The number of hydrogen-bond acceptors (Lipinski definition) is 2. The van der Waals surface area contributed by atoms with E-state index in [1.807, 2.05) is 11.3 Å². The van der Waals surface area contributed by atoms with Crippen molar-refractivity contribution in [3.05, 3.63) is 28.3 Å². The molecule has 0 bridgehead atoms. The molecule has 0 spiro atoms. The largest absolute Gasteiger partial charge is 0.331 e. The van der Waals surface area contributed by atoms with Gasteiger partial charge < -0.3 is 4.57 Å². The summed E-state index contributed by atoms with van der Waals surface area (Å²) in [6.45, 7) is 9.83. The molecule has 2 nitrogen and oxygen atoms in total. The van der Waals surface area contributed by atoms with Gasteiger partial charge in [-0.3, -0.25) is 0 Å². The first-order valence-electron chi connectivity index (χ1n) is 6.98. The molecule has 0 fully saturated rings. The number of aromatic nitrogens is 2. The Hall–Kier alpha value is -1.35. The van der Waals surface area contributed by atoms with Gasteiger partial charge in [0.2, 0.25) is 0 Å². The summed E-state index contributed by atoms with van der Waals surface area (Å²) in [5, 5.41) is 2.49. The van der Waals surface area contributed by atoms with Gasteiger partial charge in [-0.05, 0) is 38.8 Å². The van der Waals surface area contributed by atoms with Gasteiger partial charge in [-0.15, -0.1) is 11.3 Å². The predicted octanol–water partition coefficient (Wildman–Crippen LogP) is 4.98. The van der Waals surface area contributed by atoms with Crippen LogP contribution in [-0.4, -0.2) is 9.55 Å². The fourth-order valence-corrected chi connectivity index (χ4v) is 3.87. The average molecular weight is 272 g/mol. The Balaban J connectivity index is 2.39. The van der Waals surface area contributed by atoms with Crippen molar-refractivity contribution in [3.63, 3.8) is 0 Å². The van der Waals surface area contributed by atoms with E-state index in [2.05, 4.69) is 44.4 Å². The van der Waals surface area contributed by atoms with E-state index in [1.165, 1.54) is 45.2 Å². The van der Waals surface area contributed by atoms with Crippen molar-refractivity contribution in [2.45, 2.75) is 47.1 Å². The summed E-state index contributed by atoms with van der Waals surface area (Å²) in [5.74, 6) is 0. The van der Waals surface area contributed by atoms with Crippen LogP contribution in [0.5, 0.6) is 0 Å². The van der Waals surface area contributed by atoms with Gasteiger partial charge in [0.15, 0.2) is 0 Å². The summed E-state index contributed by atoms with van der Waals surface area (Å²) in [4.78, 5) is 6.09. The maximum absolute atomic E-state index is 4.75. The zero-order chi connectivity index (χ0) is 13.6. The van der Waals surface area contributed by atoms with Crippen molar-refractivity contribution < 1.29 is 0 Å². The summed E-state index contributed by atoms with van der Waals surface area (Å²) in [6, 6.07) is 4.56. The van der Waals surface area contributed by atoms with Crippen LogP contribution in [0.2, 0.25) is 0 Å². The molecule has 2 heterocycles. The maximum atomic E-state index is 4.75. The third-order valence-corrected chi connectivity index (χ3v) is 4.66. The molecule has 0 atom stereocenters. The van der Waals surface area contributed by atoms with Crippen LogP contribution >= 0.6 is 11.3 Å². The number of unbranched alkanes of at least 4 members (excludes halogenated alkanes) is 1. The van der Waals surface area contributed by atoms with Gasteiger partial charge in [0.05, 0.1) is 10.5 Å². The fraction of sp³-hybridized carbons (Fsp3) is 0.438. The molecule has 3 aromatic rings. The first-order chi connectivity index (χ1) is 9.11. The molecule has 2 aromatic heterocycles. The predicted molar refractivity (Wildman–Crippen MR) is 84.2 cm³/mol. The molecule has 100 valence electrons. The topological polar surface area (TPSA) is 17.8 Å². The van der Waals surface area contributed by atoms with Crippen molar-refractivity contribution in [1.82, 2.24) is 9.55 Å². The van der Waals surface area contributed by atoms with E-state index in [0.717, 1.165) is 11.6 Å². The molecule has 0 aliphatic rings. The Bertz CT molecular complexity index is 749. The van der Waals surface area contributed by atoms with Gasteiger partial charge in [0.25, 0.3) is 0 Å². The third-order valence-electron chi connectivity index (χ3n) is 3.67. The van der Waals surface area contributed by atoms with Crippen LogP contribution in [0.25, 0.3) is 21.3 Å². The molecule has 3 rings (SSSR count). The quantitative estimate of drug-likeness (QED) is 0.657. The number of thiazole rings is 1. The van der Waals surface area contributed by atoms with Crippen LogP contribution in [0.1, 0.15) is 35.9 Å². The van der Waals surface area contributed by atoms with Crippen LogP contribution in [0, 0.1) is 20.8 Å². The highest BCUT2D eigenvalue weighted by molar-refractivity contribution is 7.18. The molecule has 0 aliphatic heterocycles. The minimum absolute atomic E-state index is 1.10. The van der Waals surface area contributed by atoms with Crippen molar-refractivity contribution in [3.8, 4) is 0 Å². The second kappa shape index (κ2) is 4.64. The molecule has 0 saturated heterocycles. The first kappa shape index (κ1) is 12.7. The van der Waals surface area contributed by atoms with Crippen molar-refractivity contribution in [2.75, 3.05) is 0 Å². The standard InChI is InChI=1S/C16H20N2S/c1-5-6-7-18-15-11(3)8-10(2)9-13(15)14-16(18)19-12(4)17-14/h8-9H,5-7H2,1-4H3. The minimum Gasteiger partial charge on any atom is -0.331 e. The monoisotopic (exact) mass is 272 g/mol. The SMILES string of the molecule is CCCCn1c2sc(C)nc2c2cc(C)cc(C)c21. The smallest absolute Gasteiger partial charge is 0.124 e. The average Bonchev–Trinajstić information content (AvgIpc) is 2.83. The molecule has 0 radical (unpaired) electrons. The number of nitrogens with zero attached hydrogens (tertiary/aromatic N) is 2. The first-order valence-corrected chi connectivity index (χ1v) is 7.80. The Morgan fingerprint density at radius 3 is 2.74 bits per heavy atom. The summed E-state index contributed by atoms with van der Waals surface area (Å²) in [5.41, 5.74) is 5.27. The lowest BCUT2D eigenvalue weighted by atomic mass is 10.1. The highest BCUT2D eigenvalue weighted by Gasteiger charge is 2.16. The Labute approximate surface area is 118 Å². The zero-order valence-electron chi connectivity index (χ0n) is 12.1. The van der Waals surface area contributed by atoms with Gasteiger partial charge in [-0.2, -0.15) is 0 Å². The summed E-state index contributed by atoms with van der Waals surface area (Å²) in [7, 11) is 0. The van der Waals surface area contributed by atoms with Crippen LogP contribution in [0.3, 0.4) is 0 Å². The lowest BCUT2D eigenvalue weighted by molar-refractivity contribution is 0.666. The molecule has 0 unspecified atom stereocenters. The lowest BCUT2D eigenvalue weighted by Crippen LogP contribution is -1.97. The Morgan fingerprint density at radius 2 is 2.00 bits per heavy atom. The number of benzene rings is 1. The van der Waals surface area contributed by atoms with Crippen LogP contribution in [0.15, 0.2) is 12.1 Å². The highest BCUT2D eigenvalue weighted by atomic mass is 32.1. The Morgan fingerprint density at radius 1 is 1.21 bits per heavy atom. The van der Waals surface area contributed by atoms with E-state index < -0.39 is 0 Å². The molecular weight excluding hydrogens is 252 g/mol. The minimum atomic E-state index is 1.10. The van der Waals surface area contributed by atoms with Crippen molar-refractivity contribution in [1.29, 1.82) is 0 Å². The van der Waals surface area contributed by atoms with Gasteiger partial charge >= 0.3 is 0 Å². The number of aryl methyl sites for hydroxylation is 4. The number of fused-ring (bicyclic) bond motifs is 3. The molecule has 0 N–H and O–H groups in total. The Kier molecular flexibility index (Phi) is 3.09. The highest BCUT2D eigenvalue weighted by Crippen LogP contribution is 2.35. The second-order valence-corrected chi connectivity index (χ2v) is 6.55. The van der Waals surface area contributed by atoms with Crippen molar-refractivity contribution in [2.24, 2.45) is 0 Å². The van der Waals surface area contributed by atoms with E-state index in [0.29, 0.717) is 0 Å². The second-order valence-electron chi connectivity index (χ2n) is 5.37. The van der Waals surface area contributed by atoms with Gasteiger partial charge in [-0.1, -0.05) is 25.0 Å². The van der Waals surface area contributed by atoms with E-state index in [4.69, 9.17) is 4.98 Å². The molecule has 1 aromatic carbocycles. The van der Waals surface area contributed by atoms with E-state index in [9.17, 15) is 0 Å². The molecule has 0 amide bonds. The van der Waals surface area contributed by atoms with Gasteiger partial charge in [-0.25, -0.2) is 4.98 Å². The molecule has 19 heavy (non-hydrogen) atoms. The molecule has 3 heteroatoms. The van der Waals surface area contributed by atoms with E-state index in [1.54, 1.807) is 0 Å². The third kappa shape index (κ3) is 1.96. The molecular formula is C16H20N2S. The lowest BCUT2D eigenvalue weighted by Gasteiger charge is -2.08. The molecule has 0 aliphatic carbocycles. The van der Waals surface area contributed by atoms with E-state index in [-0.39, 0.29) is 0 Å². The van der Waals surface area contributed by atoms with Gasteiger partial charge in [0.1, 0.15) is 10.3 Å². The van der Waals surface area contributed by atoms with E-state index >= 15 is 0 Å². The zero-order valence-corrected chi connectivity index (χ0v) is 12.9. The summed E-state index contributed by atoms with van der Waals surface area (Å²) in [6.07, 6.45) is 2.45. The van der Waals surface area contributed by atoms with Crippen LogP contribution in [-0.2, 0) is 6.54 Å². The number of hydrogen-bond donors (Lipinski definition) is 0. The van der Waals surface area contributed by atoms with Crippen LogP contribution in [0.4, 0.5) is 0 Å². The maximum Gasteiger partial charge on any atom is 0.124 e. The van der Waals surface area contributed by atoms with Crippen molar-refractivity contribution >= 4 is 32.6 Å². The van der Waals surface area contributed by atoms with Crippen LogP contribution < -0.4 is 0 Å². The summed E-state index contributed by atoms with van der Waals surface area (Å²) >= 11 is 1.82. The number of rotatable bonds is 3.